The zero-order chi connectivity index (χ0) is 19.1. The fourth-order valence-electron chi connectivity index (χ4n) is 4.17. The SMILES string of the molecule is O=C1OCCN1c1cccc2c1CCN(Cc1cc3ccccc3c(Cl)n1)C2. The van der Waals surface area contributed by atoms with Gasteiger partial charge in [0.25, 0.3) is 0 Å². The number of fused-ring (bicyclic) bond motifs is 2. The van der Waals surface area contributed by atoms with Gasteiger partial charge in [0.2, 0.25) is 0 Å². The number of halogens is 1. The number of pyridine rings is 1. The second kappa shape index (κ2) is 7.08. The smallest absolute Gasteiger partial charge is 0.414 e. The van der Waals surface area contributed by atoms with Gasteiger partial charge in [-0.15, -0.1) is 0 Å². The predicted octanol–water partition coefficient (Wildman–Crippen LogP) is 4.40. The maximum absolute atomic E-state index is 12.0. The van der Waals surface area contributed by atoms with Crippen LogP contribution in [0.4, 0.5) is 10.5 Å². The molecule has 0 atom stereocenters. The molecule has 0 bridgehead atoms. The van der Waals surface area contributed by atoms with Crippen LogP contribution < -0.4 is 4.90 Å². The van der Waals surface area contributed by atoms with Crippen LogP contribution in [-0.2, 0) is 24.2 Å². The third-order valence-electron chi connectivity index (χ3n) is 5.50. The van der Waals surface area contributed by atoms with E-state index in [1.54, 1.807) is 4.90 Å². The number of carbonyl (C=O) groups is 1. The Bertz CT molecular complexity index is 1070. The Labute approximate surface area is 168 Å². The van der Waals surface area contributed by atoms with Crippen LogP contribution >= 0.6 is 11.6 Å². The monoisotopic (exact) mass is 393 g/mol. The van der Waals surface area contributed by atoms with Crippen molar-refractivity contribution in [1.82, 2.24) is 9.88 Å². The number of anilines is 1. The summed E-state index contributed by atoms with van der Waals surface area (Å²) in [5.41, 5.74) is 4.48. The Balaban J connectivity index is 1.39. The Morgan fingerprint density at radius 1 is 1.11 bits per heavy atom. The molecule has 5 rings (SSSR count). The number of ether oxygens (including phenoxy) is 1. The standard InChI is InChI=1S/C22H20ClN3O2/c23-21-19-6-2-1-4-15(19)12-17(24-21)14-25-9-8-18-16(13-25)5-3-7-20(18)26-10-11-28-22(26)27/h1-7,12H,8-11,13-14H2. The third-order valence-corrected chi connectivity index (χ3v) is 5.79. The lowest BCUT2D eigenvalue weighted by molar-refractivity contribution is 0.181. The minimum Gasteiger partial charge on any atom is -0.447 e. The summed E-state index contributed by atoms with van der Waals surface area (Å²) in [4.78, 5) is 20.7. The maximum atomic E-state index is 12.0. The Morgan fingerprint density at radius 3 is 2.86 bits per heavy atom. The molecule has 0 radical (unpaired) electrons. The average molecular weight is 394 g/mol. The van der Waals surface area contributed by atoms with Gasteiger partial charge in [0.1, 0.15) is 11.8 Å². The molecule has 142 valence electrons. The number of nitrogens with zero attached hydrogens (tertiary/aromatic N) is 3. The van der Waals surface area contributed by atoms with E-state index in [2.05, 4.69) is 28.1 Å². The summed E-state index contributed by atoms with van der Waals surface area (Å²) in [7, 11) is 0. The van der Waals surface area contributed by atoms with E-state index in [0.717, 1.165) is 48.2 Å². The van der Waals surface area contributed by atoms with E-state index in [1.807, 2.05) is 30.3 Å². The molecule has 1 saturated heterocycles. The van der Waals surface area contributed by atoms with Crippen molar-refractivity contribution in [2.45, 2.75) is 19.5 Å². The van der Waals surface area contributed by atoms with Gasteiger partial charge < -0.3 is 4.74 Å². The lowest BCUT2D eigenvalue weighted by Crippen LogP contribution is -2.33. The molecule has 5 nitrogen and oxygen atoms in total. The molecule has 2 aliphatic rings. The van der Waals surface area contributed by atoms with Crippen LogP contribution in [0.5, 0.6) is 0 Å². The van der Waals surface area contributed by atoms with E-state index < -0.39 is 0 Å². The Kier molecular flexibility index (Phi) is 4.41. The van der Waals surface area contributed by atoms with Crippen LogP contribution in [0.2, 0.25) is 5.15 Å². The molecule has 2 aliphatic heterocycles. The normalized spacial score (nSPS) is 17.0. The molecule has 1 aromatic heterocycles. The molecule has 2 aromatic carbocycles. The van der Waals surface area contributed by atoms with Crippen LogP contribution in [0, 0.1) is 0 Å². The second-order valence-electron chi connectivity index (χ2n) is 7.27. The highest BCUT2D eigenvalue weighted by molar-refractivity contribution is 6.34. The number of hydrogen-bond donors (Lipinski definition) is 0. The van der Waals surface area contributed by atoms with Crippen LogP contribution in [0.25, 0.3) is 10.8 Å². The van der Waals surface area contributed by atoms with Crippen LogP contribution in [0.3, 0.4) is 0 Å². The quantitative estimate of drug-likeness (QED) is 0.618. The van der Waals surface area contributed by atoms with E-state index in [4.69, 9.17) is 16.3 Å². The molecule has 1 amide bonds. The number of hydrogen-bond acceptors (Lipinski definition) is 4. The first-order chi connectivity index (χ1) is 13.7. The number of aromatic nitrogens is 1. The fraction of sp³-hybridized carbons (Fsp3) is 0.273. The van der Waals surface area contributed by atoms with Gasteiger partial charge in [-0.25, -0.2) is 9.78 Å². The number of rotatable bonds is 3. The van der Waals surface area contributed by atoms with Crippen molar-refractivity contribution < 1.29 is 9.53 Å². The molecule has 3 heterocycles. The number of benzene rings is 2. The van der Waals surface area contributed by atoms with Crippen molar-refractivity contribution in [2.75, 3.05) is 24.6 Å². The van der Waals surface area contributed by atoms with Gasteiger partial charge in [-0.2, -0.15) is 0 Å². The highest BCUT2D eigenvalue weighted by Gasteiger charge is 2.28. The number of carbonyl (C=O) groups excluding carboxylic acids is 1. The van der Waals surface area contributed by atoms with Gasteiger partial charge >= 0.3 is 6.09 Å². The van der Waals surface area contributed by atoms with Crippen molar-refractivity contribution in [1.29, 1.82) is 0 Å². The molecule has 3 aromatic rings. The van der Waals surface area contributed by atoms with Gasteiger partial charge in [0.15, 0.2) is 0 Å². The summed E-state index contributed by atoms with van der Waals surface area (Å²) in [6.07, 6.45) is 0.655. The van der Waals surface area contributed by atoms with Crippen molar-refractivity contribution in [2.24, 2.45) is 0 Å². The highest BCUT2D eigenvalue weighted by Crippen LogP contribution is 2.31. The van der Waals surface area contributed by atoms with Gasteiger partial charge in [-0.05, 0) is 35.1 Å². The van der Waals surface area contributed by atoms with Crippen molar-refractivity contribution in [3.63, 3.8) is 0 Å². The zero-order valence-corrected chi connectivity index (χ0v) is 16.2. The van der Waals surface area contributed by atoms with Gasteiger partial charge in [-0.1, -0.05) is 48.0 Å². The molecule has 0 aliphatic carbocycles. The van der Waals surface area contributed by atoms with E-state index in [-0.39, 0.29) is 6.09 Å². The Morgan fingerprint density at radius 2 is 2.00 bits per heavy atom. The summed E-state index contributed by atoms with van der Waals surface area (Å²) in [6, 6.07) is 16.4. The van der Waals surface area contributed by atoms with Crippen molar-refractivity contribution in [3.05, 3.63) is 70.5 Å². The van der Waals surface area contributed by atoms with Crippen LogP contribution in [0.15, 0.2) is 48.5 Å². The summed E-state index contributed by atoms with van der Waals surface area (Å²) in [5.74, 6) is 0. The highest BCUT2D eigenvalue weighted by atomic mass is 35.5. The first-order valence-electron chi connectivity index (χ1n) is 9.50. The first kappa shape index (κ1) is 17.5. The Hall–Kier alpha value is -2.63. The fourth-order valence-corrected chi connectivity index (χ4v) is 4.45. The topological polar surface area (TPSA) is 45.7 Å². The molecule has 0 N–H and O–H groups in total. The van der Waals surface area contributed by atoms with E-state index in [1.165, 1.54) is 11.1 Å². The molecule has 0 spiro atoms. The summed E-state index contributed by atoms with van der Waals surface area (Å²) < 4.78 is 5.11. The molecule has 6 heteroatoms. The lowest BCUT2D eigenvalue weighted by atomic mass is 9.97. The molecule has 28 heavy (non-hydrogen) atoms. The van der Waals surface area contributed by atoms with Gasteiger partial charge in [0.05, 0.1) is 17.9 Å². The minimum absolute atomic E-state index is 0.245. The predicted molar refractivity (Wildman–Crippen MR) is 110 cm³/mol. The summed E-state index contributed by atoms with van der Waals surface area (Å²) >= 11 is 6.39. The molecule has 0 saturated carbocycles. The summed E-state index contributed by atoms with van der Waals surface area (Å²) in [6.45, 7) is 3.58. The van der Waals surface area contributed by atoms with E-state index >= 15 is 0 Å². The number of amides is 1. The molecular formula is C22H20ClN3O2. The van der Waals surface area contributed by atoms with Crippen molar-refractivity contribution in [3.8, 4) is 0 Å². The third kappa shape index (κ3) is 3.11. The second-order valence-corrected chi connectivity index (χ2v) is 7.63. The maximum Gasteiger partial charge on any atom is 0.414 e. The largest absolute Gasteiger partial charge is 0.447 e. The molecule has 1 fully saturated rings. The average Bonchev–Trinajstić information content (AvgIpc) is 3.13. The number of cyclic esters (lactones) is 1. The molecular weight excluding hydrogens is 374 g/mol. The van der Waals surface area contributed by atoms with Crippen molar-refractivity contribution >= 4 is 34.2 Å². The first-order valence-corrected chi connectivity index (χ1v) is 9.88. The van der Waals surface area contributed by atoms with Gasteiger partial charge in [-0.3, -0.25) is 9.80 Å². The minimum atomic E-state index is -0.245. The van der Waals surface area contributed by atoms with Gasteiger partial charge in [0, 0.05) is 25.0 Å². The zero-order valence-electron chi connectivity index (χ0n) is 15.4. The molecule has 0 unspecified atom stereocenters. The van der Waals surface area contributed by atoms with E-state index in [0.29, 0.717) is 18.3 Å². The van der Waals surface area contributed by atoms with E-state index in [9.17, 15) is 4.79 Å². The summed E-state index contributed by atoms with van der Waals surface area (Å²) in [5, 5.41) is 2.66. The van der Waals surface area contributed by atoms with Crippen LogP contribution in [-0.4, -0.2) is 35.7 Å². The lowest BCUT2D eigenvalue weighted by Gasteiger charge is -2.31. The van der Waals surface area contributed by atoms with Crippen LogP contribution in [0.1, 0.15) is 16.8 Å².